The Morgan fingerprint density at radius 3 is 2.78 bits per heavy atom. The highest BCUT2D eigenvalue weighted by Gasteiger charge is 2.27. The van der Waals surface area contributed by atoms with Gasteiger partial charge in [0.15, 0.2) is 11.5 Å². The Morgan fingerprint density at radius 1 is 1.09 bits per heavy atom. The summed E-state index contributed by atoms with van der Waals surface area (Å²) in [5, 5.41) is 8.46. The van der Waals surface area contributed by atoms with Gasteiger partial charge in [-0.3, -0.25) is 0 Å². The van der Waals surface area contributed by atoms with Gasteiger partial charge < -0.3 is 25.0 Å². The maximum atomic E-state index is 5.49. The third kappa shape index (κ3) is 4.06. The molecule has 6 nitrogen and oxygen atoms in total. The van der Waals surface area contributed by atoms with Gasteiger partial charge >= 0.3 is 0 Å². The van der Waals surface area contributed by atoms with Crippen LogP contribution in [0.5, 0.6) is 11.5 Å². The van der Waals surface area contributed by atoms with Gasteiger partial charge in [-0.05, 0) is 49.2 Å². The summed E-state index contributed by atoms with van der Waals surface area (Å²) >= 11 is 1.79. The van der Waals surface area contributed by atoms with E-state index >= 15 is 0 Å². The van der Waals surface area contributed by atoms with Crippen LogP contribution in [-0.2, 0) is 6.42 Å². The number of thiophene rings is 1. The Bertz CT molecular complexity index is 1160. The molecule has 0 spiro atoms. The lowest BCUT2D eigenvalue weighted by Gasteiger charge is -2.36. The van der Waals surface area contributed by atoms with Crippen molar-refractivity contribution >= 4 is 33.5 Å². The molecule has 0 aliphatic carbocycles. The molecular weight excluding hydrogens is 420 g/mol. The van der Waals surface area contributed by atoms with Crippen LogP contribution in [0.4, 0.5) is 16.4 Å². The first-order valence-electron chi connectivity index (χ1n) is 10.9. The zero-order chi connectivity index (χ0) is 22.1. The molecule has 3 heterocycles. The third-order valence-corrected chi connectivity index (χ3v) is 6.93. The number of nitrogens with one attached hydrogen (secondary N) is 2. The zero-order valence-corrected chi connectivity index (χ0v) is 19.5. The predicted octanol–water partition coefficient (Wildman–Crippen LogP) is 4.73. The smallest absolute Gasteiger partial charge is 0.160 e. The molecule has 3 aromatic rings. The van der Waals surface area contributed by atoms with Gasteiger partial charge in [-0.1, -0.05) is 18.2 Å². The molecule has 2 N–H and O–H groups in total. The number of nitrogens with zero attached hydrogens (tertiary/aromatic N) is 2. The molecule has 2 aromatic carbocycles. The van der Waals surface area contributed by atoms with Crippen LogP contribution in [0.15, 0.2) is 53.5 Å². The first-order chi connectivity index (χ1) is 15.6. The molecule has 2 aliphatic heterocycles. The summed E-state index contributed by atoms with van der Waals surface area (Å²) in [4.78, 5) is 8.84. The Labute approximate surface area is 192 Å². The zero-order valence-electron chi connectivity index (χ0n) is 18.6. The second-order valence-corrected chi connectivity index (χ2v) is 9.42. The van der Waals surface area contributed by atoms with Crippen LogP contribution in [-0.4, -0.2) is 50.6 Å². The van der Waals surface area contributed by atoms with Gasteiger partial charge in [0.2, 0.25) is 0 Å². The van der Waals surface area contributed by atoms with Crippen molar-refractivity contribution in [2.75, 3.05) is 39.2 Å². The van der Waals surface area contributed by atoms with E-state index in [9.17, 15) is 0 Å². The molecule has 0 amide bonds. The fourth-order valence-corrected chi connectivity index (χ4v) is 5.35. The van der Waals surface area contributed by atoms with Crippen molar-refractivity contribution in [2.45, 2.75) is 19.4 Å². The van der Waals surface area contributed by atoms with Crippen LogP contribution in [0.2, 0.25) is 0 Å². The molecule has 0 radical (unpaired) electrons. The highest BCUT2D eigenvalue weighted by Crippen LogP contribution is 2.39. The largest absolute Gasteiger partial charge is 0.493 e. The molecule has 2 aliphatic rings. The van der Waals surface area contributed by atoms with Gasteiger partial charge in [0.25, 0.3) is 0 Å². The molecule has 0 unspecified atom stereocenters. The molecule has 1 atom stereocenters. The number of piperazine rings is 1. The van der Waals surface area contributed by atoms with Crippen molar-refractivity contribution in [1.82, 2.24) is 10.2 Å². The van der Waals surface area contributed by atoms with Gasteiger partial charge in [0, 0.05) is 30.6 Å². The van der Waals surface area contributed by atoms with Crippen LogP contribution in [0.1, 0.15) is 16.0 Å². The second kappa shape index (κ2) is 8.84. The fourth-order valence-electron chi connectivity index (χ4n) is 4.43. The normalized spacial score (nSPS) is 17.5. The summed E-state index contributed by atoms with van der Waals surface area (Å²) in [5.74, 6) is 2.58. The minimum atomic E-state index is 0.319. The second-order valence-electron chi connectivity index (χ2n) is 8.17. The van der Waals surface area contributed by atoms with Gasteiger partial charge in [0.05, 0.1) is 31.2 Å². The molecule has 166 valence electrons. The average Bonchev–Trinajstić information content (AvgIpc) is 3.10. The number of aliphatic imine (C=N–C) groups is 1. The quantitative estimate of drug-likeness (QED) is 0.605. The SMILES string of the molecule is COc1ccc(C[C@H]2CN(C3=Nc4ccccc4Nc4sc(C)cc43)CCN2)cc1OC. The van der Waals surface area contributed by atoms with E-state index in [0.29, 0.717) is 6.04 Å². The van der Waals surface area contributed by atoms with Crippen molar-refractivity contribution in [1.29, 1.82) is 0 Å². The number of hydrogen-bond acceptors (Lipinski definition) is 7. The maximum Gasteiger partial charge on any atom is 0.160 e. The molecule has 1 saturated heterocycles. The van der Waals surface area contributed by atoms with Crippen molar-refractivity contribution < 1.29 is 9.47 Å². The maximum absolute atomic E-state index is 5.49. The Morgan fingerprint density at radius 2 is 1.94 bits per heavy atom. The average molecular weight is 449 g/mol. The number of hydrogen-bond donors (Lipinski definition) is 2. The van der Waals surface area contributed by atoms with Crippen LogP contribution in [0, 0.1) is 6.92 Å². The van der Waals surface area contributed by atoms with E-state index in [-0.39, 0.29) is 0 Å². The van der Waals surface area contributed by atoms with E-state index < -0.39 is 0 Å². The van der Waals surface area contributed by atoms with Gasteiger partial charge in [-0.25, -0.2) is 4.99 Å². The summed E-state index contributed by atoms with van der Waals surface area (Å²) in [5.41, 5.74) is 4.46. The van der Waals surface area contributed by atoms with Gasteiger partial charge in [-0.2, -0.15) is 0 Å². The molecule has 32 heavy (non-hydrogen) atoms. The van der Waals surface area contributed by atoms with Crippen molar-refractivity contribution in [3.63, 3.8) is 0 Å². The first-order valence-corrected chi connectivity index (χ1v) is 11.7. The van der Waals surface area contributed by atoms with Crippen molar-refractivity contribution in [3.8, 4) is 11.5 Å². The minimum Gasteiger partial charge on any atom is -0.493 e. The van der Waals surface area contributed by atoms with E-state index in [1.165, 1.54) is 21.0 Å². The molecule has 0 bridgehead atoms. The molecule has 1 fully saturated rings. The minimum absolute atomic E-state index is 0.319. The molecule has 5 rings (SSSR count). The lowest BCUT2D eigenvalue weighted by atomic mass is 10.0. The lowest BCUT2D eigenvalue weighted by Crippen LogP contribution is -2.53. The van der Waals surface area contributed by atoms with E-state index in [4.69, 9.17) is 14.5 Å². The molecule has 7 heteroatoms. The van der Waals surface area contributed by atoms with Gasteiger partial charge in [0.1, 0.15) is 10.8 Å². The topological polar surface area (TPSA) is 58.1 Å². The molecule has 1 aromatic heterocycles. The van der Waals surface area contributed by atoms with Crippen LogP contribution in [0.3, 0.4) is 0 Å². The van der Waals surface area contributed by atoms with Crippen LogP contribution in [0.25, 0.3) is 0 Å². The number of amidine groups is 1. The lowest BCUT2D eigenvalue weighted by molar-refractivity contribution is 0.290. The first kappa shape index (κ1) is 20.8. The van der Waals surface area contributed by atoms with Gasteiger partial charge in [-0.15, -0.1) is 11.3 Å². The number of methoxy groups -OCH3 is 2. The van der Waals surface area contributed by atoms with E-state index in [1.54, 1.807) is 25.6 Å². The highest BCUT2D eigenvalue weighted by molar-refractivity contribution is 7.16. The Hall–Kier alpha value is -3.03. The number of rotatable bonds is 4. The number of anilines is 2. The van der Waals surface area contributed by atoms with E-state index in [2.05, 4.69) is 58.9 Å². The standard InChI is InChI=1S/C25H28N4O2S/c1-16-12-19-24(27-20-6-4-5-7-21(20)28-25(19)32-16)29-11-10-26-18(15-29)13-17-8-9-22(30-2)23(14-17)31-3/h4-9,12,14,18,26,28H,10-11,13,15H2,1-3H3/t18-/m0/s1. The summed E-state index contributed by atoms with van der Waals surface area (Å²) in [6.07, 6.45) is 0.911. The van der Waals surface area contributed by atoms with Crippen LogP contribution >= 0.6 is 11.3 Å². The number of ether oxygens (including phenoxy) is 2. The third-order valence-electron chi connectivity index (χ3n) is 5.96. The van der Waals surface area contributed by atoms with Crippen LogP contribution < -0.4 is 20.1 Å². The number of para-hydroxylation sites is 2. The number of fused-ring (bicyclic) bond motifs is 2. The summed E-state index contributed by atoms with van der Waals surface area (Å²) < 4.78 is 10.9. The monoisotopic (exact) mass is 448 g/mol. The Kier molecular flexibility index (Phi) is 5.76. The number of benzene rings is 2. The summed E-state index contributed by atoms with van der Waals surface area (Å²) in [6.45, 7) is 4.90. The Balaban J connectivity index is 1.42. The van der Waals surface area contributed by atoms with E-state index in [1.807, 2.05) is 12.1 Å². The van der Waals surface area contributed by atoms with E-state index in [0.717, 1.165) is 54.8 Å². The van der Waals surface area contributed by atoms with Crippen molar-refractivity contribution in [2.24, 2.45) is 4.99 Å². The summed E-state index contributed by atoms with van der Waals surface area (Å²) in [7, 11) is 3.34. The number of aryl methyl sites for hydroxylation is 1. The predicted molar refractivity (Wildman–Crippen MR) is 132 cm³/mol. The summed E-state index contributed by atoms with van der Waals surface area (Å²) in [6, 6.07) is 17.0. The molecule has 0 saturated carbocycles. The fraction of sp³-hybridized carbons (Fsp3) is 0.320. The van der Waals surface area contributed by atoms with Crippen molar-refractivity contribution in [3.05, 3.63) is 64.5 Å². The highest BCUT2D eigenvalue weighted by atomic mass is 32.1. The molecular formula is C25H28N4O2S.